The van der Waals surface area contributed by atoms with Crippen molar-refractivity contribution in [1.29, 1.82) is 0 Å². The van der Waals surface area contributed by atoms with E-state index >= 15 is 0 Å². The van der Waals surface area contributed by atoms with Gasteiger partial charge in [0.25, 0.3) is 5.91 Å². The second kappa shape index (κ2) is 9.70. The minimum absolute atomic E-state index is 0.378. The zero-order valence-corrected chi connectivity index (χ0v) is 20.0. The van der Waals surface area contributed by atoms with E-state index in [2.05, 4.69) is 10.3 Å². The average Bonchev–Trinajstić information content (AvgIpc) is 3.30. The molecule has 178 valence electrons. The van der Waals surface area contributed by atoms with Gasteiger partial charge >= 0.3 is 5.97 Å². The van der Waals surface area contributed by atoms with Crippen molar-refractivity contribution in [2.24, 2.45) is 7.05 Å². The van der Waals surface area contributed by atoms with Crippen LogP contribution in [0.15, 0.2) is 60.9 Å². The summed E-state index contributed by atoms with van der Waals surface area (Å²) in [6.45, 7) is 1.61. The number of rotatable bonds is 6. The van der Waals surface area contributed by atoms with Crippen LogP contribution in [0.1, 0.15) is 57.5 Å². The minimum Gasteiger partial charge on any atom is -0.452 e. The molecule has 5 rings (SSSR count). The third-order valence-electron chi connectivity index (χ3n) is 6.51. The van der Waals surface area contributed by atoms with Crippen LogP contribution in [-0.2, 0) is 29.4 Å². The molecule has 4 aromatic rings. The molecular weight excluding hydrogens is 440 g/mol. The smallest absolute Gasteiger partial charge is 0.339 e. The van der Waals surface area contributed by atoms with Gasteiger partial charge in [0.2, 0.25) is 0 Å². The lowest BCUT2D eigenvalue weighted by Crippen LogP contribution is -2.34. The molecule has 0 aliphatic heterocycles. The summed E-state index contributed by atoms with van der Waals surface area (Å²) < 4.78 is 7.45. The second-order valence-electron chi connectivity index (χ2n) is 9.02. The standard InChI is InChI=1S/C28H28N4O3/c1-18-12-13-23-21(16-18)25(20-10-6-7-11-22(20)30-23)28(34)35-17-24(33)31-26(19-8-4-3-5-9-19)27-29-14-15-32(27)2/h3-5,8-9,12-16,26H,6-7,10-11,17H2,1-2H3,(H,31,33). The molecule has 1 aliphatic rings. The summed E-state index contributed by atoms with van der Waals surface area (Å²) in [6.07, 6.45) is 7.23. The third-order valence-corrected chi connectivity index (χ3v) is 6.51. The number of hydrogen-bond donors (Lipinski definition) is 1. The number of carbonyl (C=O) groups is 2. The van der Waals surface area contributed by atoms with Gasteiger partial charge in [0, 0.05) is 30.5 Å². The molecule has 2 aromatic carbocycles. The molecule has 0 saturated carbocycles. The van der Waals surface area contributed by atoms with Gasteiger partial charge in [-0.2, -0.15) is 0 Å². The summed E-state index contributed by atoms with van der Waals surface area (Å²) in [7, 11) is 1.88. The lowest BCUT2D eigenvalue weighted by molar-refractivity contribution is -0.124. The number of aromatic nitrogens is 3. The lowest BCUT2D eigenvalue weighted by atomic mass is 9.89. The van der Waals surface area contributed by atoms with Crippen LogP contribution in [0.4, 0.5) is 0 Å². The summed E-state index contributed by atoms with van der Waals surface area (Å²) in [6, 6.07) is 15.1. The van der Waals surface area contributed by atoms with E-state index in [9.17, 15) is 9.59 Å². The van der Waals surface area contributed by atoms with Crippen molar-refractivity contribution in [3.8, 4) is 0 Å². The van der Waals surface area contributed by atoms with Crippen molar-refractivity contribution in [3.05, 3.63) is 94.7 Å². The first-order chi connectivity index (χ1) is 17.0. The zero-order chi connectivity index (χ0) is 24.4. The number of aryl methyl sites for hydroxylation is 3. The number of ether oxygens (including phenoxy) is 1. The van der Waals surface area contributed by atoms with E-state index in [1.54, 1.807) is 6.20 Å². The Morgan fingerprint density at radius 1 is 1.11 bits per heavy atom. The first-order valence-corrected chi connectivity index (χ1v) is 11.9. The molecule has 0 fully saturated rings. The first-order valence-electron chi connectivity index (χ1n) is 11.9. The topological polar surface area (TPSA) is 86.1 Å². The van der Waals surface area contributed by atoms with Crippen molar-refractivity contribution >= 4 is 22.8 Å². The number of imidazole rings is 1. The highest BCUT2D eigenvalue weighted by Gasteiger charge is 2.25. The number of carbonyl (C=O) groups excluding carboxylic acids is 2. The van der Waals surface area contributed by atoms with Crippen molar-refractivity contribution in [2.75, 3.05) is 6.61 Å². The second-order valence-corrected chi connectivity index (χ2v) is 9.02. The molecule has 1 unspecified atom stereocenters. The van der Waals surface area contributed by atoms with Gasteiger partial charge in [-0.15, -0.1) is 0 Å². The Labute approximate surface area is 204 Å². The maximum atomic E-state index is 13.3. The fraction of sp³-hybridized carbons (Fsp3) is 0.286. The van der Waals surface area contributed by atoms with E-state index in [-0.39, 0.29) is 6.61 Å². The zero-order valence-electron chi connectivity index (χ0n) is 20.0. The van der Waals surface area contributed by atoms with E-state index in [0.29, 0.717) is 11.4 Å². The summed E-state index contributed by atoms with van der Waals surface area (Å²) in [5.41, 5.74) is 5.18. The molecular formula is C28H28N4O3. The highest BCUT2D eigenvalue weighted by molar-refractivity contribution is 6.05. The molecule has 0 bridgehead atoms. The predicted molar refractivity (Wildman–Crippen MR) is 133 cm³/mol. The van der Waals surface area contributed by atoms with E-state index in [1.807, 2.05) is 73.3 Å². The number of nitrogens with one attached hydrogen (secondary N) is 1. The Morgan fingerprint density at radius 3 is 2.69 bits per heavy atom. The maximum Gasteiger partial charge on any atom is 0.339 e. The van der Waals surface area contributed by atoms with Crippen molar-refractivity contribution < 1.29 is 14.3 Å². The molecule has 7 heteroatoms. The van der Waals surface area contributed by atoms with E-state index in [4.69, 9.17) is 9.72 Å². The lowest BCUT2D eigenvalue weighted by Gasteiger charge is -2.21. The molecule has 1 atom stereocenters. The Morgan fingerprint density at radius 2 is 1.91 bits per heavy atom. The van der Waals surface area contributed by atoms with Gasteiger partial charge in [0.1, 0.15) is 11.9 Å². The quantitative estimate of drug-likeness (QED) is 0.428. The predicted octanol–water partition coefficient (Wildman–Crippen LogP) is 4.22. The monoisotopic (exact) mass is 468 g/mol. The van der Waals surface area contributed by atoms with Crippen LogP contribution in [0.25, 0.3) is 10.9 Å². The van der Waals surface area contributed by atoms with Gasteiger partial charge in [-0.1, -0.05) is 42.0 Å². The van der Waals surface area contributed by atoms with Crippen molar-refractivity contribution in [2.45, 2.75) is 38.6 Å². The van der Waals surface area contributed by atoms with E-state index in [1.165, 1.54) is 0 Å². The summed E-state index contributed by atoms with van der Waals surface area (Å²) >= 11 is 0. The normalized spacial score (nSPS) is 13.8. The molecule has 0 spiro atoms. The van der Waals surface area contributed by atoms with Crippen molar-refractivity contribution in [1.82, 2.24) is 19.9 Å². The SMILES string of the molecule is Cc1ccc2nc3c(c(C(=O)OCC(=O)NC(c4ccccc4)c4nccn4C)c2c1)CCCC3. The van der Waals surface area contributed by atoms with Gasteiger partial charge in [-0.25, -0.2) is 9.78 Å². The molecule has 1 N–H and O–H groups in total. The van der Waals surface area contributed by atoms with Crippen LogP contribution in [0.2, 0.25) is 0 Å². The summed E-state index contributed by atoms with van der Waals surface area (Å²) in [5.74, 6) is -0.177. The Bertz CT molecular complexity index is 1390. The average molecular weight is 469 g/mol. The van der Waals surface area contributed by atoms with Crippen LogP contribution in [0.3, 0.4) is 0 Å². The largest absolute Gasteiger partial charge is 0.452 e. The molecule has 0 radical (unpaired) electrons. The Balaban J connectivity index is 1.38. The number of amides is 1. The van der Waals surface area contributed by atoms with Gasteiger partial charge in [-0.05, 0) is 55.9 Å². The minimum atomic E-state index is -0.482. The number of nitrogens with zero attached hydrogens (tertiary/aromatic N) is 3. The van der Waals surface area contributed by atoms with Crippen LogP contribution in [0.5, 0.6) is 0 Å². The van der Waals surface area contributed by atoms with Crippen molar-refractivity contribution in [3.63, 3.8) is 0 Å². The summed E-state index contributed by atoms with van der Waals surface area (Å²) in [4.78, 5) is 35.5. The number of hydrogen-bond acceptors (Lipinski definition) is 5. The fourth-order valence-electron chi connectivity index (χ4n) is 4.77. The molecule has 7 nitrogen and oxygen atoms in total. The number of esters is 1. The van der Waals surface area contributed by atoms with Gasteiger partial charge in [-0.3, -0.25) is 9.78 Å². The third kappa shape index (κ3) is 4.67. The van der Waals surface area contributed by atoms with E-state index < -0.39 is 17.9 Å². The first kappa shape index (κ1) is 22.8. The highest BCUT2D eigenvalue weighted by atomic mass is 16.5. The van der Waals surface area contributed by atoms with Crippen LogP contribution in [0, 0.1) is 6.92 Å². The van der Waals surface area contributed by atoms with Gasteiger partial charge < -0.3 is 14.6 Å². The van der Waals surface area contributed by atoms with Gasteiger partial charge in [0.05, 0.1) is 11.1 Å². The number of pyridine rings is 1. The highest BCUT2D eigenvalue weighted by Crippen LogP contribution is 2.30. The molecule has 2 aromatic heterocycles. The van der Waals surface area contributed by atoms with E-state index in [0.717, 1.165) is 59.0 Å². The number of fused-ring (bicyclic) bond motifs is 2. The Hall–Kier alpha value is -4.00. The Kier molecular flexibility index (Phi) is 6.31. The molecule has 2 heterocycles. The van der Waals surface area contributed by atoms with Crippen LogP contribution < -0.4 is 5.32 Å². The molecule has 0 saturated heterocycles. The maximum absolute atomic E-state index is 13.3. The fourth-order valence-corrected chi connectivity index (χ4v) is 4.77. The van der Waals surface area contributed by atoms with Gasteiger partial charge in [0.15, 0.2) is 6.61 Å². The number of benzene rings is 2. The molecule has 35 heavy (non-hydrogen) atoms. The molecule has 1 aliphatic carbocycles. The van der Waals surface area contributed by atoms with Crippen LogP contribution in [-0.4, -0.2) is 33.0 Å². The summed E-state index contributed by atoms with van der Waals surface area (Å²) in [5, 5.41) is 3.76. The van der Waals surface area contributed by atoms with Crippen LogP contribution >= 0.6 is 0 Å². The molecule has 1 amide bonds.